The Morgan fingerprint density at radius 3 is 2.77 bits per heavy atom. The number of hydrogen-bond acceptors (Lipinski definition) is 7. The topological polar surface area (TPSA) is 136 Å². The van der Waals surface area contributed by atoms with Gasteiger partial charge < -0.3 is 19.5 Å². The summed E-state index contributed by atoms with van der Waals surface area (Å²) in [6.07, 6.45) is 4.05. The van der Waals surface area contributed by atoms with Crippen LogP contribution in [-0.4, -0.2) is 80.4 Å². The summed E-state index contributed by atoms with van der Waals surface area (Å²) in [5.74, 6) is 1.46. The summed E-state index contributed by atoms with van der Waals surface area (Å²) in [4.78, 5) is 29.8. The number of likely N-dealkylation sites (tertiary alicyclic amines) is 2. The fourth-order valence-corrected chi connectivity index (χ4v) is 4.71. The van der Waals surface area contributed by atoms with Crippen LogP contribution in [0.4, 0.5) is 0 Å². The molecule has 0 bridgehead atoms. The van der Waals surface area contributed by atoms with E-state index in [-0.39, 0.29) is 30.3 Å². The maximum absolute atomic E-state index is 12.9. The van der Waals surface area contributed by atoms with Crippen LogP contribution in [0.25, 0.3) is 0 Å². The zero-order valence-electron chi connectivity index (χ0n) is 17.0. The van der Waals surface area contributed by atoms with Gasteiger partial charge in [0.05, 0.1) is 12.3 Å². The number of aromatic amines is 1. The molecule has 2 unspecified atom stereocenters. The van der Waals surface area contributed by atoms with E-state index in [1.165, 1.54) is 12.8 Å². The van der Waals surface area contributed by atoms with Crippen molar-refractivity contribution in [3.05, 3.63) is 35.3 Å². The highest BCUT2D eigenvalue weighted by Crippen LogP contribution is 2.43. The van der Waals surface area contributed by atoms with Crippen molar-refractivity contribution in [3.8, 4) is 0 Å². The van der Waals surface area contributed by atoms with E-state index in [1.54, 1.807) is 6.26 Å². The number of oxazole rings is 1. The molecule has 10 heteroatoms. The van der Waals surface area contributed by atoms with Crippen molar-refractivity contribution >= 4 is 12.4 Å². The van der Waals surface area contributed by atoms with Crippen LogP contribution in [0, 0.1) is 18.3 Å². The van der Waals surface area contributed by atoms with Crippen LogP contribution >= 0.6 is 0 Å². The highest BCUT2D eigenvalue weighted by molar-refractivity contribution is 5.92. The SMILES string of the molecule is Cc1nc(CN2CC3CN(C(=O)c4cc(C5CC5)[nH]n4)CC3(CO)C2)co1.O=CO. The number of nitrogens with zero attached hydrogens (tertiary/aromatic N) is 4. The zero-order valence-corrected chi connectivity index (χ0v) is 17.0. The number of carbonyl (C=O) groups is 2. The van der Waals surface area contributed by atoms with Gasteiger partial charge in [0.2, 0.25) is 0 Å². The van der Waals surface area contributed by atoms with Gasteiger partial charge in [-0.05, 0) is 24.8 Å². The number of fused-ring (bicyclic) bond motifs is 1. The van der Waals surface area contributed by atoms with Gasteiger partial charge in [-0.15, -0.1) is 0 Å². The number of aryl methyl sites for hydroxylation is 1. The van der Waals surface area contributed by atoms with Crippen LogP contribution in [0.5, 0.6) is 0 Å². The lowest BCUT2D eigenvalue weighted by molar-refractivity contribution is -0.122. The van der Waals surface area contributed by atoms with Crippen molar-refractivity contribution in [2.24, 2.45) is 11.3 Å². The average molecular weight is 417 g/mol. The highest BCUT2D eigenvalue weighted by atomic mass is 16.3. The number of nitrogens with one attached hydrogen (secondary N) is 1. The van der Waals surface area contributed by atoms with Gasteiger partial charge in [0.15, 0.2) is 5.89 Å². The monoisotopic (exact) mass is 417 g/mol. The molecule has 2 aromatic rings. The van der Waals surface area contributed by atoms with Crippen LogP contribution in [0.3, 0.4) is 0 Å². The van der Waals surface area contributed by atoms with E-state index >= 15 is 0 Å². The van der Waals surface area contributed by atoms with Gasteiger partial charge in [-0.1, -0.05) is 0 Å². The second-order valence-electron chi connectivity index (χ2n) is 8.52. The molecule has 30 heavy (non-hydrogen) atoms. The minimum absolute atomic E-state index is 0.0287. The Morgan fingerprint density at radius 1 is 1.40 bits per heavy atom. The van der Waals surface area contributed by atoms with Gasteiger partial charge in [-0.2, -0.15) is 5.10 Å². The number of aromatic nitrogens is 3. The fourth-order valence-electron chi connectivity index (χ4n) is 4.71. The minimum atomic E-state index is -0.260. The van der Waals surface area contributed by atoms with Crippen LogP contribution in [0.1, 0.15) is 46.5 Å². The van der Waals surface area contributed by atoms with E-state index < -0.39 is 0 Å². The van der Waals surface area contributed by atoms with E-state index in [2.05, 4.69) is 20.1 Å². The molecule has 0 radical (unpaired) electrons. The summed E-state index contributed by atoms with van der Waals surface area (Å²) in [7, 11) is 0. The van der Waals surface area contributed by atoms with Crippen molar-refractivity contribution in [2.45, 2.75) is 32.2 Å². The largest absolute Gasteiger partial charge is 0.483 e. The second kappa shape index (κ2) is 8.19. The molecule has 3 fully saturated rings. The summed E-state index contributed by atoms with van der Waals surface area (Å²) in [6, 6.07) is 1.90. The van der Waals surface area contributed by atoms with Crippen molar-refractivity contribution in [1.29, 1.82) is 0 Å². The first-order valence-electron chi connectivity index (χ1n) is 10.1. The maximum atomic E-state index is 12.9. The molecule has 3 N–H and O–H groups in total. The first kappa shape index (κ1) is 20.5. The van der Waals surface area contributed by atoms with Crippen LogP contribution in [0.15, 0.2) is 16.7 Å². The van der Waals surface area contributed by atoms with Gasteiger partial charge >= 0.3 is 0 Å². The van der Waals surface area contributed by atoms with Gasteiger partial charge in [-0.3, -0.25) is 19.6 Å². The summed E-state index contributed by atoms with van der Waals surface area (Å²) in [5.41, 5.74) is 2.23. The molecule has 2 saturated heterocycles. The second-order valence-corrected chi connectivity index (χ2v) is 8.52. The summed E-state index contributed by atoms with van der Waals surface area (Å²) in [5, 5.41) is 24.3. The Hall–Kier alpha value is -2.72. The zero-order chi connectivity index (χ0) is 21.3. The Morgan fingerprint density at radius 2 is 2.17 bits per heavy atom. The number of aliphatic hydroxyl groups is 1. The number of carbonyl (C=O) groups excluding carboxylic acids is 1. The lowest BCUT2D eigenvalue weighted by Crippen LogP contribution is -2.39. The molecule has 2 atom stereocenters. The maximum Gasteiger partial charge on any atom is 0.290 e. The Labute approximate surface area is 173 Å². The smallest absolute Gasteiger partial charge is 0.290 e. The number of aliphatic hydroxyl groups excluding tert-OH is 1. The molecule has 10 nitrogen and oxygen atoms in total. The van der Waals surface area contributed by atoms with Gasteiger partial charge in [0, 0.05) is 56.7 Å². The van der Waals surface area contributed by atoms with E-state index in [4.69, 9.17) is 14.3 Å². The molecular weight excluding hydrogens is 390 g/mol. The molecule has 162 valence electrons. The number of H-pyrrole nitrogens is 1. The fraction of sp³-hybridized carbons (Fsp3) is 0.600. The molecule has 0 spiro atoms. The van der Waals surface area contributed by atoms with Crippen LogP contribution in [0.2, 0.25) is 0 Å². The normalized spacial score (nSPS) is 25.7. The molecule has 1 saturated carbocycles. The third kappa shape index (κ3) is 3.97. The minimum Gasteiger partial charge on any atom is -0.483 e. The molecule has 4 heterocycles. The number of carboxylic acid groups (broad SMARTS) is 1. The molecular formula is C20H27N5O5. The first-order valence-corrected chi connectivity index (χ1v) is 10.1. The predicted octanol–water partition coefficient (Wildman–Crippen LogP) is 0.851. The summed E-state index contributed by atoms with van der Waals surface area (Å²) < 4.78 is 5.29. The summed E-state index contributed by atoms with van der Waals surface area (Å²) in [6.45, 7) is 5.25. The third-order valence-corrected chi connectivity index (χ3v) is 6.32. The average Bonchev–Trinajstić information content (AvgIpc) is 3.05. The number of amides is 1. The lowest BCUT2D eigenvalue weighted by atomic mass is 9.82. The van der Waals surface area contributed by atoms with Crippen LogP contribution in [-0.2, 0) is 11.3 Å². The van der Waals surface area contributed by atoms with Gasteiger partial charge in [0.25, 0.3) is 12.4 Å². The standard InChI is InChI=1S/C19H25N5O3.CH2O2/c1-12-20-15(8-27-12)7-23-5-14-6-24(10-19(14,9-23)11-25)18(26)17-4-16(21-22-17)13-2-3-13;2-1-3/h4,8,13-14,25H,2-3,5-7,9-11H2,1H3,(H,21,22);1H,(H,2,3). The molecule has 3 aliphatic rings. The van der Waals surface area contributed by atoms with Gasteiger partial charge in [-0.25, -0.2) is 4.98 Å². The van der Waals surface area contributed by atoms with Gasteiger partial charge in [0.1, 0.15) is 12.0 Å². The van der Waals surface area contributed by atoms with E-state index in [0.29, 0.717) is 37.1 Å². The lowest BCUT2D eigenvalue weighted by Gasteiger charge is -2.26. The molecule has 2 aromatic heterocycles. The predicted molar refractivity (Wildman–Crippen MR) is 105 cm³/mol. The Bertz CT molecular complexity index is 907. The van der Waals surface area contributed by atoms with E-state index in [1.807, 2.05) is 17.9 Å². The number of hydrogen-bond donors (Lipinski definition) is 3. The molecule has 0 aromatic carbocycles. The molecule has 1 aliphatic carbocycles. The Kier molecular flexibility index (Phi) is 5.61. The quantitative estimate of drug-likeness (QED) is 0.609. The van der Waals surface area contributed by atoms with Crippen LogP contribution < -0.4 is 0 Å². The van der Waals surface area contributed by atoms with Crippen molar-refractivity contribution in [2.75, 3.05) is 32.8 Å². The summed E-state index contributed by atoms with van der Waals surface area (Å²) >= 11 is 0. The van der Waals surface area contributed by atoms with Crippen molar-refractivity contribution < 1.29 is 24.2 Å². The first-order chi connectivity index (χ1) is 14.5. The third-order valence-electron chi connectivity index (χ3n) is 6.32. The van der Waals surface area contributed by atoms with E-state index in [0.717, 1.165) is 24.5 Å². The highest BCUT2D eigenvalue weighted by Gasteiger charge is 2.53. The molecule has 2 aliphatic heterocycles. The Balaban J connectivity index is 0.000000687. The van der Waals surface area contributed by atoms with Crippen molar-refractivity contribution in [3.63, 3.8) is 0 Å². The van der Waals surface area contributed by atoms with E-state index in [9.17, 15) is 9.90 Å². The number of rotatable bonds is 5. The molecule has 5 rings (SSSR count). The molecule has 1 amide bonds. The van der Waals surface area contributed by atoms with Crippen molar-refractivity contribution in [1.82, 2.24) is 25.0 Å².